The lowest BCUT2D eigenvalue weighted by Crippen LogP contribution is -2.24. The predicted octanol–water partition coefficient (Wildman–Crippen LogP) is 3.40. The lowest BCUT2D eigenvalue weighted by molar-refractivity contribution is 0.326. The average molecular weight is 272 g/mol. The molecule has 1 rings (SSSR count). The minimum absolute atomic E-state index is 0.897. The smallest absolute Gasteiger partial charge is 0.0243 e. The van der Waals surface area contributed by atoms with Crippen molar-refractivity contribution in [1.82, 2.24) is 10.2 Å². The fraction of sp³-hybridized carbons (Fsp3) is 0.444. The number of hydrogen-bond donors (Lipinski definition) is 1. The summed E-state index contributed by atoms with van der Waals surface area (Å²) >= 11 is 0. The molecule has 0 atom stereocenters. The summed E-state index contributed by atoms with van der Waals surface area (Å²) in [6, 6.07) is 8.72. The van der Waals surface area contributed by atoms with Crippen LogP contribution in [0.3, 0.4) is 0 Å². The van der Waals surface area contributed by atoms with Crippen LogP contribution in [0, 0.1) is 0 Å². The van der Waals surface area contributed by atoms with Gasteiger partial charge in [-0.05, 0) is 37.1 Å². The SMILES string of the molecule is C=CCN(CC=C)Cc1ccccc1CCNCCC. The standard InChI is InChI=1S/C18H28N2/c1-4-12-19-13-11-17-9-7-8-10-18(17)16-20(14-5-2)15-6-3/h5-10,19H,2-4,11-16H2,1H3. The van der Waals surface area contributed by atoms with Crippen LogP contribution < -0.4 is 5.32 Å². The highest BCUT2D eigenvalue weighted by molar-refractivity contribution is 5.27. The third kappa shape index (κ3) is 6.18. The first-order valence-electron chi connectivity index (χ1n) is 7.53. The Morgan fingerprint density at radius 1 is 1.05 bits per heavy atom. The number of rotatable bonds is 11. The number of nitrogens with zero attached hydrogens (tertiary/aromatic N) is 1. The van der Waals surface area contributed by atoms with Crippen LogP contribution in [0.1, 0.15) is 24.5 Å². The zero-order valence-corrected chi connectivity index (χ0v) is 12.8. The summed E-state index contributed by atoms with van der Waals surface area (Å²) in [4.78, 5) is 2.35. The normalized spacial score (nSPS) is 10.7. The van der Waals surface area contributed by atoms with Gasteiger partial charge in [0.2, 0.25) is 0 Å². The van der Waals surface area contributed by atoms with Gasteiger partial charge in [-0.1, -0.05) is 43.3 Å². The molecule has 0 amide bonds. The Labute approximate surface area is 124 Å². The topological polar surface area (TPSA) is 15.3 Å². The van der Waals surface area contributed by atoms with E-state index >= 15 is 0 Å². The van der Waals surface area contributed by atoms with Crippen LogP contribution in [-0.2, 0) is 13.0 Å². The van der Waals surface area contributed by atoms with E-state index in [1.54, 1.807) is 0 Å². The Hall–Kier alpha value is -1.38. The summed E-state index contributed by atoms with van der Waals surface area (Å²) in [6.07, 6.45) is 6.18. The van der Waals surface area contributed by atoms with E-state index < -0.39 is 0 Å². The van der Waals surface area contributed by atoms with E-state index in [1.165, 1.54) is 17.5 Å². The van der Waals surface area contributed by atoms with Gasteiger partial charge in [0.05, 0.1) is 0 Å². The number of hydrogen-bond acceptors (Lipinski definition) is 2. The van der Waals surface area contributed by atoms with Crippen molar-refractivity contribution in [1.29, 1.82) is 0 Å². The van der Waals surface area contributed by atoms with Gasteiger partial charge >= 0.3 is 0 Å². The van der Waals surface area contributed by atoms with E-state index in [2.05, 4.69) is 54.6 Å². The number of nitrogens with one attached hydrogen (secondary N) is 1. The maximum atomic E-state index is 3.83. The molecule has 0 unspecified atom stereocenters. The van der Waals surface area contributed by atoms with Gasteiger partial charge in [-0.2, -0.15) is 0 Å². The Balaban J connectivity index is 2.62. The van der Waals surface area contributed by atoms with Crippen molar-refractivity contribution in [3.05, 3.63) is 60.7 Å². The van der Waals surface area contributed by atoms with Crippen molar-refractivity contribution < 1.29 is 0 Å². The molecule has 2 nitrogen and oxygen atoms in total. The third-order valence-electron chi connectivity index (χ3n) is 3.28. The van der Waals surface area contributed by atoms with Gasteiger partial charge in [0.1, 0.15) is 0 Å². The fourth-order valence-corrected chi connectivity index (χ4v) is 2.29. The first kappa shape index (κ1) is 16.7. The van der Waals surface area contributed by atoms with Crippen LogP contribution in [0.2, 0.25) is 0 Å². The molecule has 110 valence electrons. The lowest BCUT2D eigenvalue weighted by atomic mass is 10.0. The van der Waals surface area contributed by atoms with E-state index in [1.807, 2.05) is 12.2 Å². The van der Waals surface area contributed by atoms with E-state index in [0.717, 1.165) is 39.1 Å². The predicted molar refractivity (Wildman–Crippen MR) is 89.0 cm³/mol. The summed E-state index contributed by atoms with van der Waals surface area (Å²) in [7, 11) is 0. The fourth-order valence-electron chi connectivity index (χ4n) is 2.29. The van der Waals surface area contributed by atoms with Gasteiger partial charge in [0.15, 0.2) is 0 Å². The minimum atomic E-state index is 0.897. The van der Waals surface area contributed by atoms with Gasteiger partial charge in [-0.25, -0.2) is 0 Å². The van der Waals surface area contributed by atoms with Gasteiger partial charge in [-0.15, -0.1) is 13.2 Å². The largest absolute Gasteiger partial charge is 0.316 e. The number of benzene rings is 1. The van der Waals surface area contributed by atoms with Crippen molar-refractivity contribution in [3.63, 3.8) is 0 Å². The van der Waals surface area contributed by atoms with Crippen molar-refractivity contribution in [2.24, 2.45) is 0 Å². The first-order valence-corrected chi connectivity index (χ1v) is 7.53. The molecule has 0 radical (unpaired) electrons. The van der Waals surface area contributed by atoms with Crippen LogP contribution in [0.5, 0.6) is 0 Å². The average Bonchev–Trinajstić information content (AvgIpc) is 2.46. The molecule has 0 aliphatic carbocycles. The second-order valence-corrected chi connectivity index (χ2v) is 5.04. The van der Waals surface area contributed by atoms with Crippen LogP contribution in [-0.4, -0.2) is 31.1 Å². The van der Waals surface area contributed by atoms with E-state index in [4.69, 9.17) is 0 Å². The molecule has 0 saturated heterocycles. The van der Waals surface area contributed by atoms with Crippen LogP contribution in [0.25, 0.3) is 0 Å². The molecule has 0 aromatic heterocycles. The molecule has 1 aromatic rings. The Bertz CT molecular complexity index is 388. The Morgan fingerprint density at radius 2 is 1.70 bits per heavy atom. The van der Waals surface area contributed by atoms with Gasteiger partial charge < -0.3 is 5.32 Å². The molecule has 2 heteroatoms. The van der Waals surface area contributed by atoms with E-state index in [-0.39, 0.29) is 0 Å². The molecule has 0 saturated carbocycles. The van der Waals surface area contributed by atoms with Crippen molar-refractivity contribution >= 4 is 0 Å². The summed E-state index contributed by atoms with van der Waals surface area (Å²) in [5.41, 5.74) is 2.85. The molecule has 0 heterocycles. The first-order chi connectivity index (χ1) is 9.81. The van der Waals surface area contributed by atoms with Crippen LogP contribution in [0.4, 0.5) is 0 Å². The summed E-state index contributed by atoms with van der Waals surface area (Å²) in [6.45, 7) is 14.8. The highest BCUT2D eigenvalue weighted by Crippen LogP contribution is 2.12. The second kappa shape index (κ2) is 10.4. The second-order valence-electron chi connectivity index (χ2n) is 5.04. The molecule has 0 aliphatic heterocycles. The molecule has 0 bridgehead atoms. The van der Waals surface area contributed by atoms with Gasteiger partial charge in [0, 0.05) is 19.6 Å². The Morgan fingerprint density at radius 3 is 2.30 bits per heavy atom. The van der Waals surface area contributed by atoms with Crippen molar-refractivity contribution in [3.8, 4) is 0 Å². The summed E-state index contributed by atoms with van der Waals surface area (Å²) < 4.78 is 0. The summed E-state index contributed by atoms with van der Waals surface area (Å²) in [5, 5.41) is 3.47. The Kier molecular flexibility index (Phi) is 8.68. The highest BCUT2D eigenvalue weighted by atomic mass is 15.1. The quantitative estimate of drug-likeness (QED) is 0.490. The molecule has 1 aromatic carbocycles. The zero-order valence-electron chi connectivity index (χ0n) is 12.8. The molecule has 0 fully saturated rings. The molecular formula is C18H28N2. The maximum absolute atomic E-state index is 3.83. The van der Waals surface area contributed by atoms with Crippen LogP contribution in [0.15, 0.2) is 49.6 Å². The monoisotopic (exact) mass is 272 g/mol. The molecule has 0 spiro atoms. The molecule has 1 N–H and O–H groups in total. The van der Waals surface area contributed by atoms with E-state index in [0.29, 0.717) is 0 Å². The molecular weight excluding hydrogens is 244 g/mol. The lowest BCUT2D eigenvalue weighted by Gasteiger charge is -2.20. The maximum Gasteiger partial charge on any atom is 0.0243 e. The zero-order chi connectivity index (χ0) is 14.6. The van der Waals surface area contributed by atoms with Gasteiger partial charge in [0.25, 0.3) is 0 Å². The molecule has 20 heavy (non-hydrogen) atoms. The van der Waals surface area contributed by atoms with E-state index in [9.17, 15) is 0 Å². The van der Waals surface area contributed by atoms with Crippen molar-refractivity contribution in [2.75, 3.05) is 26.2 Å². The van der Waals surface area contributed by atoms with Gasteiger partial charge in [-0.3, -0.25) is 4.90 Å². The third-order valence-corrected chi connectivity index (χ3v) is 3.28. The minimum Gasteiger partial charge on any atom is -0.316 e. The van der Waals surface area contributed by atoms with Crippen molar-refractivity contribution in [2.45, 2.75) is 26.3 Å². The highest BCUT2D eigenvalue weighted by Gasteiger charge is 2.06. The van der Waals surface area contributed by atoms with Crippen LogP contribution >= 0.6 is 0 Å². The molecule has 0 aliphatic rings. The summed E-state index contributed by atoms with van der Waals surface area (Å²) in [5.74, 6) is 0.